The second-order valence-electron chi connectivity index (χ2n) is 8.00. The van der Waals surface area contributed by atoms with Gasteiger partial charge in [0.05, 0.1) is 24.0 Å². The predicted molar refractivity (Wildman–Crippen MR) is 120 cm³/mol. The lowest BCUT2D eigenvalue weighted by atomic mass is 9.80. The molecule has 0 fully saturated rings. The van der Waals surface area contributed by atoms with Crippen LogP contribution >= 0.6 is 0 Å². The van der Waals surface area contributed by atoms with Crippen LogP contribution in [0.4, 0.5) is 5.69 Å². The molecule has 168 valence electrons. The molecule has 0 spiro atoms. The van der Waals surface area contributed by atoms with Crippen LogP contribution in [-0.2, 0) is 4.84 Å². The van der Waals surface area contributed by atoms with E-state index in [1.165, 1.54) is 0 Å². The fraction of sp³-hybridized carbons (Fsp3) is 0.250. The van der Waals surface area contributed by atoms with Crippen LogP contribution in [-0.4, -0.2) is 28.1 Å². The summed E-state index contributed by atoms with van der Waals surface area (Å²) in [5.74, 6) is 1.64. The average molecular weight is 446 g/mol. The molecular formula is C24H22N4O5. The maximum absolute atomic E-state index is 12.0. The zero-order valence-corrected chi connectivity index (χ0v) is 18.3. The minimum absolute atomic E-state index is 0.137. The van der Waals surface area contributed by atoms with Crippen LogP contribution in [0.15, 0.2) is 75.9 Å². The van der Waals surface area contributed by atoms with Gasteiger partial charge in [0.15, 0.2) is 11.5 Å². The molecule has 0 saturated heterocycles. The van der Waals surface area contributed by atoms with Gasteiger partial charge < -0.3 is 14.1 Å². The maximum atomic E-state index is 12.0. The highest BCUT2D eigenvalue weighted by molar-refractivity contribution is 5.95. The third-order valence-electron chi connectivity index (χ3n) is 5.95. The molecule has 3 heterocycles. The maximum Gasteiger partial charge on any atom is 0.334 e. The van der Waals surface area contributed by atoms with Crippen molar-refractivity contribution in [2.75, 3.05) is 7.11 Å². The highest BCUT2D eigenvalue weighted by atomic mass is 16.7. The molecule has 33 heavy (non-hydrogen) atoms. The number of aryl methyl sites for hydroxylation is 1. The fourth-order valence-electron chi connectivity index (χ4n) is 4.49. The number of hydrogen-bond donors (Lipinski definition) is 0. The van der Waals surface area contributed by atoms with E-state index in [9.17, 15) is 10.1 Å². The van der Waals surface area contributed by atoms with Crippen LogP contribution in [0, 0.1) is 17.0 Å². The van der Waals surface area contributed by atoms with E-state index in [-0.39, 0.29) is 17.1 Å². The minimum atomic E-state index is -0.578. The molecule has 9 heteroatoms. The van der Waals surface area contributed by atoms with Crippen LogP contribution < -0.4 is 4.74 Å². The topological polar surface area (TPSA) is 103 Å². The summed E-state index contributed by atoms with van der Waals surface area (Å²) in [6, 6.07) is 16.3. The van der Waals surface area contributed by atoms with Crippen molar-refractivity contribution in [2.45, 2.75) is 31.8 Å². The normalized spacial score (nSPS) is 21.7. The van der Waals surface area contributed by atoms with Gasteiger partial charge in [-0.15, -0.1) is 0 Å². The first-order valence-electron chi connectivity index (χ1n) is 10.5. The summed E-state index contributed by atoms with van der Waals surface area (Å²) in [5, 5.41) is 17.6. The Hall–Kier alpha value is -4.14. The SMILES string of the molecule is COc1ccc([C@@H]2N=C3C=C(C)ON3[C@@H](c3ccccc3)[C@@H]2c2onc(C)c2[N+](=O)[O-])cc1. The molecule has 0 saturated carbocycles. The van der Waals surface area contributed by atoms with Gasteiger partial charge in [-0.05, 0) is 37.1 Å². The molecule has 9 nitrogen and oxygen atoms in total. The third-order valence-corrected chi connectivity index (χ3v) is 5.95. The van der Waals surface area contributed by atoms with Gasteiger partial charge >= 0.3 is 5.69 Å². The number of nitrogens with zero attached hydrogens (tertiary/aromatic N) is 4. The lowest BCUT2D eigenvalue weighted by molar-refractivity contribution is -0.387. The summed E-state index contributed by atoms with van der Waals surface area (Å²) < 4.78 is 10.9. The molecule has 0 N–H and O–H groups in total. The van der Waals surface area contributed by atoms with Gasteiger partial charge in [-0.1, -0.05) is 47.6 Å². The van der Waals surface area contributed by atoms with E-state index < -0.39 is 22.9 Å². The molecule has 3 atom stereocenters. The minimum Gasteiger partial charge on any atom is -0.497 e. The van der Waals surface area contributed by atoms with E-state index in [0.29, 0.717) is 17.3 Å². The summed E-state index contributed by atoms with van der Waals surface area (Å²) in [6.45, 7) is 3.42. The summed E-state index contributed by atoms with van der Waals surface area (Å²) in [7, 11) is 1.60. The number of hydroxylamine groups is 2. The van der Waals surface area contributed by atoms with Gasteiger partial charge in [0.1, 0.15) is 17.6 Å². The Balaban J connectivity index is 1.75. The van der Waals surface area contributed by atoms with Crippen LogP contribution in [0.2, 0.25) is 0 Å². The lowest BCUT2D eigenvalue weighted by Gasteiger charge is -2.40. The third kappa shape index (κ3) is 3.51. The molecule has 0 amide bonds. The zero-order valence-electron chi connectivity index (χ0n) is 18.3. The standard InChI is InChI=1S/C24H22N4O5/c1-14-13-19-25-21(16-9-11-18(31-3)12-10-16)20(24-22(28(29)30)15(2)26-32-24)23(27(19)33-14)17-7-5-4-6-8-17/h4-13,20-21,23H,1-3H3/t20-,21+,23+/m1/s1. The first kappa shape index (κ1) is 20.7. The number of allylic oxidation sites excluding steroid dienone is 1. The number of fused-ring (bicyclic) bond motifs is 1. The molecule has 0 aliphatic carbocycles. The molecule has 0 radical (unpaired) electrons. The van der Waals surface area contributed by atoms with E-state index in [1.807, 2.05) is 67.6 Å². The van der Waals surface area contributed by atoms with Crippen molar-refractivity contribution in [2.24, 2.45) is 4.99 Å². The van der Waals surface area contributed by atoms with Crippen LogP contribution in [0.25, 0.3) is 0 Å². The number of hydrogen-bond acceptors (Lipinski definition) is 8. The molecule has 3 aromatic rings. The monoisotopic (exact) mass is 446 g/mol. The van der Waals surface area contributed by atoms with Crippen molar-refractivity contribution >= 4 is 11.5 Å². The number of benzene rings is 2. The van der Waals surface area contributed by atoms with Crippen LogP contribution in [0.5, 0.6) is 5.75 Å². The highest BCUT2D eigenvalue weighted by Gasteiger charge is 2.49. The van der Waals surface area contributed by atoms with Crippen LogP contribution in [0.3, 0.4) is 0 Å². The Morgan fingerprint density at radius 3 is 2.45 bits per heavy atom. The number of ether oxygens (including phenoxy) is 1. The molecule has 0 unspecified atom stereocenters. The number of methoxy groups -OCH3 is 1. The highest BCUT2D eigenvalue weighted by Crippen LogP contribution is 2.53. The summed E-state index contributed by atoms with van der Waals surface area (Å²) in [4.78, 5) is 22.5. The van der Waals surface area contributed by atoms with E-state index in [4.69, 9.17) is 19.1 Å². The second-order valence-corrected chi connectivity index (χ2v) is 8.00. The van der Waals surface area contributed by atoms with E-state index in [0.717, 1.165) is 11.1 Å². The molecule has 5 rings (SSSR count). The number of nitro groups is 1. The smallest absolute Gasteiger partial charge is 0.334 e. The molecule has 1 aromatic heterocycles. The van der Waals surface area contributed by atoms with E-state index >= 15 is 0 Å². The van der Waals surface area contributed by atoms with Gasteiger partial charge in [0, 0.05) is 6.08 Å². The quantitative estimate of drug-likeness (QED) is 0.400. The zero-order chi connectivity index (χ0) is 23.1. The summed E-state index contributed by atoms with van der Waals surface area (Å²) in [5.41, 5.74) is 1.87. The van der Waals surface area contributed by atoms with Gasteiger partial charge in [0.2, 0.25) is 5.76 Å². The Morgan fingerprint density at radius 1 is 1.06 bits per heavy atom. The van der Waals surface area contributed by atoms with E-state index in [2.05, 4.69) is 5.16 Å². The van der Waals surface area contributed by atoms with Crippen molar-refractivity contribution in [3.8, 4) is 5.75 Å². The molecular weight excluding hydrogens is 424 g/mol. The van der Waals surface area contributed by atoms with Crippen molar-refractivity contribution in [3.05, 3.63) is 99.1 Å². The largest absolute Gasteiger partial charge is 0.497 e. The van der Waals surface area contributed by atoms with Gasteiger partial charge in [-0.25, -0.2) is 0 Å². The average Bonchev–Trinajstić information content (AvgIpc) is 3.39. The Bertz CT molecular complexity index is 1250. The summed E-state index contributed by atoms with van der Waals surface area (Å²) in [6.07, 6.45) is 1.86. The van der Waals surface area contributed by atoms with Gasteiger partial charge in [-0.2, -0.15) is 5.06 Å². The number of aliphatic imine (C=N–C) groups is 1. The molecule has 2 aromatic carbocycles. The Labute approximate surface area is 190 Å². The molecule has 0 bridgehead atoms. The first-order valence-corrected chi connectivity index (χ1v) is 10.5. The fourth-order valence-corrected chi connectivity index (χ4v) is 4.49. The van der Waals surface area contributed by atoms with Crippen molar-refractivity contribution < 1.29 is 19.0 Å². The lowest BCUT2D eigenvalue weighted by Crippen LogP contribution is -2.40. The molecule has 2 aliphatic heterocycles. The molecule has 2 aliphatic rings. The van der Waals surface area contributed by atoms with Crippen molar-refractivity contribution in [1.82, 2.24) is 10.2 Å². The predicted octanol–water partition coefficient (Wildman–Crippen LogP) is 5.03. The van der Waals surface area contributed by atoms with Gasteiger partial charge in [0.25, 0.3) is 0 Å². The van der Waals surface area contributed by atoms with Crippen LogP contribution in [0.1, 0.15) is 47.5 Å². The Kier molecular flexibility index (Phi) is 5.08. The first-order chi connectivity index (χ1) is 16.0. The number of amidine groups is 1. The second kappa shape index (κ2) is 8.09. The van der Waals surface area contributed by atoms with Crippen molar-refractivity contribution in [3.63, 3.8) is 0 Å². The van der Waals surface area contributed by atoms with Gasteiger partial charge in [-0.3, -0.25) is 15.1 Å². The number of aromatic nitrogens is 1. The Morgan fingerprint density at radius 2 is 1.79 bits per heavy atom. The summed E-state index contributed by atoms with van der Waals surface area (Å²) >= 11 is 0. The van der Waals surface area contributed by atoms with E-state index in [1.54, 1.807) is 19.1 Å². The van der Waals surface area contributed by atoms with Crippen molar-refractivity contribution in [1.29, 1.82) is 0 Å². The number of rotatable bonds is 5.